The number of carbonyl (C=O) groups is 12. The van der Waals surface area contributed by atoms with Gasteiger partial charge in [-0.15, -0.1) is 0 Å². The van der Waals surface area contributed by atoms with E-state index < -0.39 is 162 Å². The second-order valence-corrected chi connectivity index (χ2v) is 27.7. The van der Waals surface area contributed by atoms with Crippen molar-refractivity contribution in [3.05, 3.63) is 35.9 Å². The number of ketones is 1. The molecule has 2 aliphatic rings. The molecule has 0 saturated carbocycles. The fourth-order valence-electron chi connectivity index (χ4n) is 11.9. The number of nitrogens with zero attached hydrogens (tertiary/aromatic N) is 7. The first kappa shape index (κ1) is 80.2. The van der Waals surface area contributed by atoms with Gasteiger partial charge >= 0.3 is 0 Å². The lowest BCUT2D eigenvalue weighted by Crippen LogP contribution is -2.63. The van der Waals surface area contributed by atoms with Crippen LogP contribution in [0.3, 0.4) is 0 Å². The van der Waals surface area contributed by atoms with E-state index in [1.165, 1.54) is 75.6 Å². The van der Waals surface area contributed by atoms with E-state index in [9.17, 15) is 57.8 Å². The standard InChI is InChI=1S/C68H114N12O13/c1-21-43(10)55-67(92)78(19)52(34-39(2)3)59(84)69-44(11)58(83)70-51(66(91)80-31-26-23-27-32-80)38-49(82)30-33-74(15)45(12)63(88)76(17)53(35-40(4)5)60(85)71-50(37-48-28-24-22-25-29-48)65(90)77(18)54(36-41(6)7)61(86)73-56(47(14)81)68(93)75(16)46(13)64(89)79(20)57(42(8)9)62(87)72-55/h22,24-25,28-29,39-47,50-57,81H,21,23,26-27,30-38H2,1-20H3,(H,69,84)(H,70,83)(H,71,85)(H,72,87)(H,73,86)/t43-,44-,45+,46-,47+,50-,51-,52-,53-,54-,55-,56-,57-/m0/s1. The number of aliphatic hydroxyl groups excluding tert-OH is 1. The molecule has 25 heteroatoms. The van der Waals surface area contributed by atoms with E-state index in [4.69, 9.17) is 0 Å². The Morgan fingerprint density at radius 1 is 0.516 bits per heavy atom. The van der Waals surface area contributed by atoms with Crippen molar-refractivity contribution in [2.24, 2.45) is 29.6 Å². The number of likely N-dealkylation sites (tertiary alicyclic amines) is 1. The molecule has 0 aliphatic carbocycles. The Balaban J connectivity index is 2.25. The molecule has 25 nitrogen and oxygen atoms in total. The SMILES string of the molecule is CC[C@H](C)[C@@H]1NC(=O)[C@H](C(C)C)N(C)C(=O)[C@H](C)N(C)C(=O)[C@H]([C@@H](C)O)NC(=O)[C@H](CC(C)C)N(C)C(=O)[C@H](Cc2ccccc2)NC(=O)[C@H](CC(C)C)N(C)C(=O)[C@@H](C)N(C)CCC(=O)C[C@@H](C(=O)N2CCCCC2)NC(=O)[C@H](C)NC(=O)[C@H](CC(C)C)N(C)C1=O. The van der Waals surface area contributed by atoms with Crippen LogP contribution in [0.2, 0.25) is 0 Å². The van der Waals surface area contributed by atoms with Crippen molar-refractivity contribution in [1.29, 1.82) is 0 Å². The van der Waals surface area contributed by atoms with Gasteiger partial charge in [0.2, 0.25) is 65.0 Å². The minimum Gasteiger partial charge on any atom is -0.391 e. The van der Waals surface area contributed by atoms with Gasteiger partial charge in [-0.2, -0.15) is 0 Å². The molecule has 93 heavy (non-hydrogen) atoms. The van der Waals surface area contributed by atoms with E-state index in [0.29, 0.717) is 25.1 Å². The molecule has 11 amide bonds. The van der Waals surface area contributed by atoms with Crippen molar-refractivity contribution in [2.75, 3.05) is 61.9 Å². The van der Waals surface area contributed by atoms with Gasteiger partial charge in [0.25, 0.3) is 0 Å². The van der Waals surface area contributed by atoms with Crippen molar-refractivity contribution >= 4 is 70.8 Å². The van der Waals surface area contributed by atoms with Gasteiger partial charge in [0, 0.05) is 74.1 Å². The molecule has 0 unspecified atom stereocenters. The van der Waals surface area contributed by atoms with Gasteiger partial charge in [0.15, 0.2) is 0 Å². The molecule has 2 fully saturated rings. The third kappa shape index (κ3) is 22.9. The number of aliphatic hydroxyl groups is 1. The van der Waals surface area contributed by atoms with Crippen LogP contribution in [0.5, 0.6) is 0 Å². The summed E-state index contributed by atoms with van der Waals surface area (Å²) in [5, 5.41) is 25.2. The number of Topliss-reactive ketones (excluding diaryl/α,β-unsaturated/α-hetero) is 1. The highest BCUT2D eigenvalue weighted by Gasteiger charge is 2.43. The third-order valence-corrected chi connectivity index (χ3v) is 18.3. The summed E-state index contributed by atoms with van der Waals surface area (Å²) < 4.78 is 0. The summed E-state index contributed by atoms with van der Waals surface area (Å²) in [6, 6.07) is -4.80. The number of hydrogen-bond acceptors (Lipinski definition) is 14. The highest BCUT2D eigenvalue weighted by Crippen LogP contribution is 2.23. The van der Waals surface area contributed by atoms with Gasteiger partial charge in [0.1, 0.15) is 66.2 Å². The maximum Gasteiger partial charge on any atom is 0.248 e. The quantitative estimate of drug-likeness (QED) is 0.166. The largest absolute Gasteiger partial charge is 0.391 e. The van der Waals surface area contributed by atoms with E-state index in [1.54, 1.807) is 74.9 Å². The molecular weight excluding hydrogens is 1190 g/mol. The van der Waals surface area contributed by atoms with Crippen LogP contribution in [-0.4, -0.2) is 245 Å². The molecule has 524 valence electrons. The van der Waals surface area contributed by atoms with Crippen LogP contribution in [0.15, 0.2) is 30.3 Å². The summed E-state index contributed by atoms with van der Waals surface area (Å²) in [6.45, 7) is 24.8. The van der Waals surface area contributed by atoms with Crippen molar-refractivity contribution in [1.82, 2.24) is 60.9 Å². The summed E-state index contributed by atoms with van der Waals surface area (Å²) >= 11 is 0. The first-order chi connectivity index (χ1) is 43.4. The lowest BCUT2D eigenvalue weighted by molar-refractivity contribution is -0.151. The topological polar surface area (TPSA) is 308 Å². The maximum absolute atomic E-state index is 15.1. The number of likely N-dealkylation sites (N-methyl/N-ethyl adjacent to an activating group) is 6. The van der Waals surface area contributed by atoms with Crippen LogP contribution in [0.1, 0.15) is 160 Å². The molecule has 6 N–H and O–H groups in total. The van der Waals surface area contributed by atoms with E-state index in [2.05, 4.69) is 26.6 Å². The Morgan fingerprint density at radius 2 is 0.978 bits per heavy atom. The molecule has 0 bridgehead atoms. The number of hydrogen-bond donors (Lipinski definition) is 6. The molecule has 2 saturated heterocycles. The number of rotatable bonds is 13. The number of nitrogens with one attached hydrogen (secondary N) is 5. The minimum absolute atomic E-state index is 0.0270. The monoisotopic (exact) mass is 1310 g/mol. The Hall–Kier alpha value is -7.02. The average Bonchev–Trinajstić information content (AvgIpc) is 0.843. The predicted octanol–water partition coefficient (Wildman–Crippen LogP) is 2.74. The fourth-order valence-corrected chi connectivity index (χ4v) is 11.9. The Morgan fingerprint density at radius 3 is 1.47 bits per heavy atom. The van der Waals surface area contributed by atoms with Crippen molar-refractivity contribution in [3.63, 3.8) is 0 Å². The van der Waals surface area contributed by atoms with E-state index in [1.807, 2.05) is 48.5 Å². The number of benzene rings is 1. The zero-order valence-electron chi connectivity index (χ0n) is 59.4. The van der Waals surface area contributed by atoms with Crippen LogP contribution in [0, 0.1) is 29.6 Å². The molecule has 1 aromatic rings. The lowest BCUT2D eigenvalue weighted by Gasteiger charge is -2.38. The predicted molar refractivity (Wildman–Crippen MR) is 355 cm³/mol. The average molecular weight is 1310 g/mol. The van der Waals surface area contributed by atoms with E-state index >= 15 is 4.79 Å². The van der Waals surface area contributed by atoms with Gasteiger partial charge < -0.3 is 61.1 Å². The first-order valence-electron chi connectivity index (χ1n) is 33.5. The maximum atomic E-state index is 15.1. The van der Waals surface area contributed by atoms with Crippen molar-refractivity contribution < 1.29 is 62.6 Å². The number of carbonyl (C=O) groups excluding carboxylic acids is 12. The van der Waals surface area contributed by atoms with Crippen LogP contribution in [0.25, 0.3) is 0 Å². The molecule has 0 spiro atoms. The fraction of sp³-hybridized carbons (Fsp3) is 0.735. The highest BCUT2D eigenvalue weighted by atomic mass is 16.3. The summed E-state index contributed by atoms with van der Waals surface area (Å²) in [5.74, 6) is -9.38. The molecule has 2 aliphatic heterocycles. The van der Waals surface area contributed by atoms with Gasteiger partial charge in [0.05, 0.1) is 12.1 Å². The number of amides is 11. The van der Waals surface area contributed by atoms with Crippen molar-refractivity contribution in [3.8, 4) is 0 Å². The van der Waals surface area contributed by atoms with E-state index in [0.717, 1.165) is 24.2 Å². The highest BCUT2D eigenvalue weighted by molar-refractivity contribution is 6.00. The van der Waals surface area contributed by atoms with Gasteiger partial charge in [-0.1, -0.05) is 106 Å². The van der Waals surface area contributed by atoms with Gasteiger partial charge in [-0.25, -0.2) is 0 Å². The molecular formula is C68H114N12O13. The summed E-state index contributed by atoms with van der Waals surface area (Å²) in [4.78, 5) is 184. The third-order valence-electron chi connectivity index (χ3n) is 18.3. The zero-order valence-corrected chi connectivity index (χ0v) is 59.4. The van der Waals surface area contributed by atoms with Crippen LogP contribution in [-0.2, 0) is 64.0 Å². The smallest absolute Gasteiger partial charge is 0.248 e. The summed E-state index contributed by atoms with van der Waals surface area (Å²) in [5.41, 5.74) is 0.669. The lowest BCUT2D eigenvalue weighted by atomic mass is 9.94. The second-order valence-electron chi connectivity index (χ2n) is 27.7. The molecule has 2 heterocycles. The molecule has 0 radical (unpaired) electrons. The molecule has 13 atom stereocenters. The minimum atomic E-state index is -1.65. The Bertz CT molecular complexity index is 2720. The zero-order chi connectivity index (χ0) is 70.6. The Labute approximate surface area is 553 Å². The second kappa shape index (κ2) is 37.2. The normalized spacial score (nSPS) is 27.6. The van der Waals surface area contributed by atoms with Gasteiger partial charge in [-0.05, 0) is 108 Å². The molecule has 3 rings (SSSR count). The van der Waals surface area contributed by atoms with E-state index in [-0.39, 0.29) is 56.4 Å². The summed E-state index contributed by atoms with van der Waals surface area (Å²) in [7, 11) is 8.69. The first-order valence-corrected chi connectivity index (χ1v) is 33.5. The molecule has 1 aromatic carbocycles. The molecule has 0 aromatic heterocycles. The van der Waals surface area contributed by atoms with Crippen LogP contribution < -0.4 is 26.6 Å². The summed E-state index contributed by atoms with van der Waals surface area (Å²) in [6.07, 6.45) is 1.05. The van der Waals surface area contributed by atoms with Crippen LogP contribution >= 0.6 is 0 Å². The van der Waals surface area contributed by atoms with Gasteiger partial charge in [-0.3, -0.25) is 62.4 Å². The van der Waals surface area contributed by atoms with Crippen LogP contribution in [0.4, 0.5) is 0 Å². The van der Waals surface area contributed by atoms with Crippen molar-refractivity contribution in [2.45, 2.75) is 234 Å². The Kier molecular flexibility index (Phi) is 32.1. The number of piperidine rings is 1.